The Morgan fingerprint density at radius 3 is 2.14 bits per heavy atom. The Morgan fingerprint density at radius 1 is 1.00 bits per heavy atom. The van der Waals surface area contributed by atoms with Crippen molar-refractivity contribution in [3.63, 3.8) is 0 Å². The molecule has 1 saturated carbocycles. The highest BCUT2D eigenvalue weighted by Gasteiger charge is 2.32. The second kappa shape index (κ2) is 8.49. The summed E-state index contributed by atoms with van der Waals surface area (Å²) >= 11 is 0. The highest BCUT2D eigenvalue weighted by molar-refractivity contribution is 5.37. The number of halogens is 4. The smallest absolute Gasteiger partial charge is 0.403 e. The minimum atomic E-state index is -4.98. The van der Waals surface area contributed by atoms with Crippen molar-refractivity contribution >= 4 is 0 Å². The zero-order chi connectivity index (χ0) is 20.3. The van der Waals surface area contributed by atoms with Gasteiger partial charge in [0.05, 0.1) is 0 Å². The van der Waals surface area contributed by atoms with Gasteiger partial charge in [0, 0.05) is 1.43 Å². The fraction of sp³-hybridized carbons (Fsp3) is 0.429. The molecule has 0 spiro atoms. The van der Waals surface area contributed by atoms with Crippen molar-refractivity contribution in [1.29, 1.82) is 0 Å². The van der Waals surface area contributed by atoms with Gasteiger partial charge in [0.25, 0.3) is 0 Å². The summed E-state index contributed by atoms with van der Waals surface area (Å²) in [7, 11) is 0. The largest absolute Gasteiger partial charge is 0.573 e. The molecular formula is C21H24F4O3. The van der Waals surface area contributed by atoms with E-state index in [2.05, 4.69) is 16.5 Å². The van der Waals surface area contributed by atoms with E-state index in [9.17, 15) is 22.8 Å². The van der Waals surface area contributed by atoms with E-state index in [1.54, 1.807) is 12.1 Å². The second-order valence-corrected chi connectivity index (χ2v) is 7.35. The molecule has 1 unspecified atom stereocenters. The second-order valence-electron chi connectivity index (χ2n) is 7.35. The van der Waals surface area contributed by atoms with Gasteiger partial charge >= 0.3 is 6.36 Å². The monoisotopic (exact) mass is 400 g/mol. The molecule has 1 atom stereocenters. The normalized spacial score (nSPS) is 21.4. The van der Waals surface area contributed by atoms with Crippen molar-refractivity contribution in [3.8, 4) is 5.75 Å². The third kappa shape index (κ3) is 5.02. The molecule has 3 rings (SSSR count). The van der Waals surface area contributed by atoms with Crippen LogP contribution in [0.4, 0.5) is 17.6 Å². The van der Waals surface area contributed by atoms with Crippen molar-refractivity contribution in [2.24, 2.45) is 5.92 Å². The summed E-state index contributed by atoms with van der Waals surface area (Å²) in [5.41, 5.74) is 1.94. The average Bonchev–Trinajstić information content (AvgIpc) is 2.65. The molecule has 1 fully saturated rings. The van der Waals surface area contributed by atoms with Crippen LogP contribution in [0.3, 0.4) is 0 Å². The Kier molecular flexibility index (Phi) is 6.25. The molecule has 0 saturated heterocycles. The summed E-state index contributed by atoms with van der Waals surface area (Å²) in [6.07, 6.45) is -1.35. The van der Waals surface area contributed by atoms with E-state index in [1.807, 2.05) is 12.1 Å². The minimum absolute atomic E-state index is 0. The van der Waals surface area contributed by atoms with Gasteiger partial charge in [-0.1, -0.05) is 50.1 Å². The molecule has 1 aliphatic rings. The summed E-state index contributed by atoms with van der Waals surface area (Å²) in [4.78, 5) is 4.49. The Bertz CT molecular complexity index is 788. The number of rotatable bonds is 5. The summed E-state index contributed by atoms with van der Waals surface area (Å²) in [6.45, 7) is 2.26. The van der Waals surface area contributed by atoms with Gasteiger partial charge in [-0.05, 0) is 53.5 Å². The van der Waals surface area contributed by atoms with Crippen LogP contribution >= 0.6 is 0 Å². The Balaban J connectivity index is 0.00000300. The first-order valence-electron chi connectivity index (χ1n) is 9.22. The van der Waals surface area contributed by atoms with Crippen LogP contribution in [0.25, 0.3) is 0 Å². The Hall–Kier alpha value is -2.12. The summed E-state index contributed by atoms with van der Waals surface area (Å²) in [5, 5.41) is 9.29. The van der Waals surface area contributed by atoms with Gasteiger partial charge in [0.1, 0.15) is 6.10 Å². The lowest BCUT2D eigenvalue weighted by molar-refractivity contribution is -0.275. The Morgan fingerprint density at radius 2 is 1.61 bits per heavy atom. The molecule has 0 bridgehead atoms. The topological polar surface area (TPSA) is 38.7 Å². The van der Waals surface area contributed by atoms with Gasteiger partial charge in [0.15, 0.2) is 11.6 Å². The van der Waals surface area contributed by atoms with E-state index in [-0.39, 0.29) is 6.99 Å². The van der Waals surface area contributed by atoms with Gasteiger partial charge in [-0.2, -0.15) is 0 Å². The van der Waals surface area contributed by atoms with Crippen LogP contribution in [0.15, 0.2) is 42.5 Å². The summed E-state index contributed by atoms with van der Waals surface area (Å²) < 4.78 is 54.4. The number of hydrogen-bond acceptors (Lipinski definition) is 3. The number of benzene rings is 2. The molecule has 28 heavy (non-hydrogen) atoms. The van der Waals surface area contributed by atoms with Gasteiger partial charge < -0.3 is 4.74 Å². The van der Waals surface area contributed by atoms with Crippen LogP contribution in [0, 0.1) is 11.7 Å². The van der Waals surface area contributed by atoms with Crippen LogP contribution in [-0.2, 0) is 4.89 Å². The third-order valence-electron chi connectivity index (χ3n) is 5.32. The fourth-order valence-corrected chi connectivity index (χ4v) is 3.74. The predicted octanol–water partition coefficient (Wildman–Crippen LogP) is 6.84. The van der Waals surface area contributed by atoms with Crippen molar-refractivity contribution in [2.45, 2.75) is 51.0 Å². The first-order valence-corrected chi connectivity index (χ1v) is 9.22. The highest BCUT2D eigenvalue weighted by atomic mass is 19.4. The molecule has 3 nitrogen and oxygen atoms in total. The molecule has 154 valence electrons. The maximum Gasteiger partial charge on any atom is 0.573 e. The van der Waals surface area contributed by atoms with E-state index in [4.69, 9.17) is 0 Å². The van der Waals surface area contributed by atoms with Gasteiger partial charge in [-0.15, -0.1) is 13.2 Å². The molecule has 0 heterocycles. The van der Waals surface area contributed by atoms with Gasteiger partial charge in [0.2, 0.25) is 0 Å². The lowest BCUT2D eigenvalue weighted by Crippen LogP contribution is -2.18. The van der Waals surface area contributed by atoms with E-state index in [0.29, 0.717) is 11.5 Å². The van der Waals surface area contributed by atoms with Crippen molar-refractivity contribution in [2.75, 3.05) is 0 Å². The molecular weight excluding hydrogens is 376 g/mol. The lowest BCUT2D eigenvalue weighted by atomic mass is 9.79. The number of hydrogen-bond donors (Lipinski definition) is 1. The number of ether oxygens (including phenoxy) is 1. The van der Waals surface area contributed by atoms with Gasteiger partial charge in [-0.3, -0.25) is 5.26 Å². The van der Waals surface area contributed by atoms with Gasteiger partial charge in [-0.25, -0.2) is 9.28 Å². The Labute approximate surface area is 162 Å². The van der Waals surface area contributed by atoms with E-state index in [0.717, 1.165) is 30.9 Å². The minimum Gasteiger partial charge on any atom is -0.403 e. The first kappa shape index (κ1) is 20.6. The first-order chi connectivity index (χ1) is 13.3. The van der Waals surface area contributed by atoms with E-state index >= 15 is 0 Å². The van der Waals surface area contributed by atoms with E-state index < -0.39 is 24.0 Å². The predicted molar refractivity (Wildman–Crippen MR) is 97.6 cm³/mol. The highest BCUT2D eigenvalue weighted by Crippen LogP contribution is 2.37. The molecule has 2 aromatic rings. The molecule has 7 heteroatoms. The molecule has 0 amide bonds. The lowest BCUT2D eigenvalue weighted by Gasteiger charge is -2.26. The fourth-order valence-electron chi connectivity index (χ4n) is 3.74. The standard InChI is InChI=1S/C21H22F4O3.H2/c1-13-2-4-14(5-3-13)15-6-8-16(9-7-15)20(28-26)17-10-11-19(18(22)12-17)27-21(23,24)25;/h6-14,20,26H,2-5H2,1H3;1H. The molecule has 1 aliphatic carbocycles. The molecule has 0 radical (unpaired) electrons. The zero-order valence-electron chi connectivity index (χ0n) is 15.4. The van der Waals surface area contributed by atoms with Crippen molar-refractivity contribution in [3.05, 3.63) is 65.0 Å². The maximum atomic E-state index is 14.0. The molecule has 1 N–H and O–H groups in total. The van der Waals surface area contributed by atoms with Crippen LogP contribution in [0.2, 0.25) is 0 Å². The summed E-state index contributed by atoms with van der Waals surface area (Å²) in [5.74, 6) is -0.878. The molecule has 0 aliphatic heterocycles. The van der Waals surface area contributed by atoms with Crippen molar-refractivity contribution in [1.82, 2.24) is 0 Å². The van der Waals surface area contributed by atoms with Crippen LogP contribution in [-0.4, -0.2) is 11.6 Å². The number of alkyl halides is 3. The van der Waals surface area contributed by atoms with Crippen LogP contribution in [0.1, 0.15) is 62.7 Å². The third-order valence-corrected chi connectivity index (χ3v) is 5.32. The maximum absolute atomic E-state index is 14.0. The van der Waals surface area contributed by atoms with Crippen LogP contribution < -0.4 is 4.74 Å². The van der Waals surface area contributed by atoms with E-state index in [1.165, 1.54) is 24.5 Å². The SMILES string of the molecule is CC1CCC(c2ccc(C(OO)c3ccc(OC(F)(F)F)c(F)c3)cc2)CC1.[HH]. The average molecular weight is 400 g/mol. The summed E-state index contributed by atoms with van der Waals surface area (Å²) in [6, 6.07) is 10.4. The zero-order valence-corrected chi connectivity index (χ0v) is 15.4. The van der Waals surface area contributed by atoms with Crippen molar-refractivity contribution < 1.29 is 33.9 Å². The van der Waals surface area contributed by atoms with Crippen LogP contribution in [0.5, 0.6) is 5.75 Å². The quantitative estimate of drug-likeness (QED) is 0.339. The molecule has 0 aromatic heterocycles. The molecule has 2 aromatic carbocycles.